The van der Waals surface area contributed by atoms with Crippen LogP contribution in [0.15, 0.2) is 59.4 Å². The van der Waals surface area contributed by atoms with Crippen molar-refractivity contribution in [3.8, 4) is 11.3 Å². The van der Waals surface area contributed by atoms with E-state index in [-0.39, 0.29) is 6.04 Å². The Kier molecular flexibility index (Phi) is 6.86. The number of aromatic nitrogens is 1. The van der Waals surface area contributed by atoms with Gasteiger partial charge in [0.05, 0.1) is 5.69 Å². The number of halogens is 3. The Morgan fingerprint density at radius 1 is 1.23 bits per heavy atom. The summed E-state index contributed by atoms with van der Waals surface area (Å²) in [6.45, 7) is 2.73. The number of nitrogens with zero attached hydrogens (tertiary/aromatic N) is 2. The molecule has 0 aliphatic carbocycles. The summed E-state index contributed by atoms with van der Waals surface area (Å²) in [6, 6.07) is 15.0. The second kappa shape index (κ2) is 9.38. The van der Waals surface area contributed by atoms with Crippen molar-refractivity contribution in [1.82, 2.24) is 9.88 Å². The highest BCUT2D eigenvalue weighted by molar-refractivity contribution is 7.08. The van der Waals surface area contributed by atoms with E-state index in [0.717, 1.165) is 25.3 Å². The lowest BCUT2D eigenvalue weighted by molar-refractivity contribution is -0.192. The van der Waals surface area contributed by atoms with Gasteiger partial charge in [0.2, 0.25) is 0 Å². The molecule has 0 bridgehead atoms. The summed E-state index contributed by atoms with van der Waals surface area (Å²) in [4.78, 5) is 15.9. The monoisotopic (exact) mass is 435 g/mol. The lowest BCUT2D eigenvalue weighted by atomic mass is 9.96. The fraction of sp³-hybridized carbons (Fsp3) is 0.238. The number of hydrogen-bond donors (Lipinski definition) is 2. The highest BCUT2D eigenvalue weighted by atomic mass is 32.1. The number of nitrogens with two attached hydrogens (primary N) is 1. The van der Waals surface area contributed by atoms with Gasteiger partial charge in [0.15, 0.2) is 0 Å². The van der Waals surface area contributed by atoms with Crippen LogP contribution in [0.4, 0.5) is 13.2 Å². The molecule has 3 aromatic rings. The number of carboxylic acids is 1. The van der Waals surface area contributed by atoms with E-state index < -0.39 is 12.1 Å². The van der Waals surface area contributed by atoms with E-state index in [0.29, 0.717) is 0 Å². The molecule has 158 valence electrons. The smallest absolute Gasteiger partial charge is 0.475 e. The number of pyridine rings is 1. The second-order valence-corrected chi connectivity index (χ2v) is 7.62. The minimum atomic E-state index is -5.08. The zero-order valence-corrected chi connectivity index (χ0v) is 16.7. The van der Waals surface area contributed by atoms with Gasteiger partial charge in [0.25, 0.3) is 0 Å². The average Bonchev–Trinajstić information content (AvgIpc) is 3.23. The SMILES string of the molecule is NC1CN(Cc2ccc(-c3ccsc3)nc2)Cc2ccccc21.O=C(O)C(F)(F)F. The molecular formula is C21H20F3N3O2S. The third kappa shape index (κ3) is 5.65. The first-order valence-electron chi connectivity index (χ1n) is 9.07. The lowest BCUT2D eigenvalue weighted by Gasteiger charge is -2.32. The third-order valence-electron chi connectivity index (χ3n) is 4.59. The molecule has 9 heteroatoms. The Bertz CT molecular complexity index is 976. The van der Waals surface area contributed by atoms with Gasteiger partial charge in [0, 0.05) is 42.8 Å². The van der Waals surface area contributed by atoms with E-state index in [4.69, 9.17) is 15.6 Å². The molecule has 2 aromatic heterocycles. The normalized spacial score (nSPS) is 16.3. The van der Waals surface area contributed by atoms with Crippen molar-refractivity contribution in [1.29, 1.82) is 0 Å². The highest BCUT2D eigenvalue weighted by Crippen LogP contribution is 2.26. The summed E-state index contributed by atoms with van der Waals surface area (Å²) in [6.07, 6.45) is -3.10. The van der Waals surface area contributed by atoms with E-state index >= 15 is 0 Å². The zero-order chi connectivity index (χ0) is 21.7. The van der Waals surface area contributed by atoms with Crippen LogP contribution < -0.4 is 5.73 Å². The number of carbonyl (C=O) groups is 1. The van der Waals surface area contributed by atoms with Gasteiger partial charge in [-0.3, -0.25) is 9.88 Å². The fourth-order valence-corrected chi connectivity index (χ4v) is 3.85. The zero-order valence-electron chi connectivity index (χ0n) is 15.8. The Balaban J connectivity index is 0.000000318. The number of aliphatic carboxylic acids is 1. The van der Waals surface area contributed by atoms with Gasteiger partial charge >= 0.3 is 12.1 Å². The van der Waals surface area contributed by atoms with E-state index in [1.165, 1.54) is 22.3 Å². The van der Waals surface area contributed by atoms with Crippen LogP contribution in [0.1, 0.15) is 22.7 Å². The first-order chi connectivity index (χ1) is 14.2. The fourth-order valence-electron chi connectivity index (χ4n) is 3.20. The molecule has 0 radical (unpaired) electrons. The molecule has 0 amide bonds. The van der Waals surface area contributed by atoms with Crippen LogP contribution in [0.25, 0.3) is 11.3 Å². The maximum Gasteiger partial charge on any atom is 0.490 e. The van der Waals surface area contributed by atoms with Crippen molar-refractivity contribution in [2.75, 3.05) is 6.54 Å². The summed E-state index contributed by atoms with van der Waals surface area (Å²) in [5.41, 5.74) is 12.4. The van der Waals surface area contributed by atoms with Gasteiger partial charge in [-0.25, -0.2) is 4.79 Å². The predicted molar refractivity (Wildman–Crippen MR) is 109 cm³/mol. The summed E-state index contributed by atoms with van der Waals surface area (Å²) in [7, 11) is 0. The Labute approximate surface area is 175 Å². The molecule has 1 unspecified atom stereocenters. The van der Waals surface area contributed by atoms with Crippen molar-refractivity contribution < 1.29 is 23.1 Å². The molecule has 1 aromatic carbocycles. The van der Waals surface area contributed by atoms with Gasteiger partial charge in [-0.1, -0.05) is 30.3 Å². The van der Waals surface area contributed by atoms with E-state index in [2.05, 4.69) is 63.1 Å². The summed E-state index contributed by atoms with van der Waals surface area (Å²) < 4.78 is 31.7. The Morgan fingerprint density at radius 3 is 2.57 bits per heavy atom. The first-order valence-corrected chi connectivity index (χ1v) is 10.0. The van der Waals surface area contributed by atoms with Crippen LogP contribution >= 0.6 is 11.3 Å². The molecule has 1 atom stereocenters. The molecule has 3 heterocycles. The van der Waals surface area contributed by atoms with Crippen LogP contribution in [0, 0.1) is 0 Å². The molecule has 4 rings (SSSR count). The van der Waals surface area contributed by atoms with Gasteiger partial charge in [0.1, 0.15) is 0 Å². The molecule has 0 spiro atoms. The topological polar surface area (TPSA) is 79.5 Å². The summed E-state index contributed by atoms with van der Waals surface area (Å²) in [5, 5.41) is 11.3. The maximum absolute atomic E-state index is 10.6. The quantitative estimate of drug-likeness (QED) is 0.635. The maximum atomic E-state index is 10.6. The lowest BCUT2D eigenvalue weighted by Crippen LogP contribution is -2.36. The summed E-state index contributed by atoms with van der Waals surface area (Å²) >= 11 is 1.70. The molecule has 0 saturated carbocycles. The third-order valence-corrected chi connectivity index (χ3v) is 5.28. The molecule has 0 saturated heterocycles. The number of carboxylic acid groups (broad SMARTS) is 1. The van der Waals surface area contributed by atoms with Crippen LogP contribution in [0.5, 0.6) is 0 Å². The number of alkyl halides is 3. The van der Waals surface area contributed by atoms with Gasteiger partial charge in [-0.2, -0.15) is 24.5 Å². The van der Waals surface area contributed by atoms with Gasteiger partial charge in [-0.05, 0) is 34.2 Å². The van der Waals surface area contributed by atoms with Crippen molar-refractivity contribution in [2.45, 2.75) is 25.3 Å². The molecular weight excluding hydrogens is 415 g/mol. The van der Waals surface area contributed by atoms with Gasteiger partial charge < -0.3 is 10.8 Å². The van der Waals surface area contributed by atoms with Crippen LogP contribution in [-0.4, -0.2) is 33.7 Å². The number of fused-ring (bicyclic) bond motifs is 1. The van der Waals surface area contributed by atoms with Crippen LogP contribution in [0.2, 0.25) is 0 Å². The van der Waals surface area contributed by atoms with E-state index in [1.807, 2.05) is 6.20 Å². The minimum absolute atomic E-state index is 0.0954. The molecule has 0 fully saturated rings. The molecule has 3 N–H and O–H groups in total. The molecule has 1 aliphatic heterocycles. The Hall–Kier alpha value is -2.75. The largest absolute Gasteiger partial charge is 0.490 e. The van der Waals surface area contributed by atoms with E-state index in [1.54, 1.807) is 11.3 Å². The van der Waals surface area contributed by atoms with Crippen molar-refractivity contribution in [2.24, 2.45) is 5.73 Å². The van der Waals surface area contributed by atoms with Crippen molar-refractivity contribution in [3.05, 3.63) is 76.1 Å². The number of hydrogen-bond acceptors (Lipinski definition) is 5. The van der Waals surface area contributed by atoms with Crippen molar-refractivity contribution >= 4 is 17.3 Å². The van der Waals surface area contributed by atoms with Crippen LogP contribution in [-0.2, 0) is 17.9 Å². The Morgan fingerprint density at radius 2 is 1.97 bits per heavy atom. The number of rotatable bonds is 3. The van der Waals surface area contributed by atoms with Crippen LogP contribution in [0.3, 0.4) is 0 Å². The molecule has 1 aliphatic rings. The molecule has 5 nitrogen and oxygen atoms in total. The summed E-state index contributed by atoms with van der Waals surface area (Å²) in [5.74, 6) is -2.76. The number of thiophene rings is 1. The average molecular weight is 435 g/mol. The first kappa shape index (κ1) is 21.9. The standard InChI is InChI=1S/C19H19N3S.C2HF3O2/c20-18-12-22(11-15-3-1-2-4-17(15)18)10-14-5-6-19(21-9-14)16-7-8-23-13-16;3-2(4,5)1(6)7/h1-9,13,18H,10-12,20H2;(H,6,7). The second-order valence-electron chi connectivity index (χ2n) is 6.84. The highest BCUT2D eigenvalue weighted by Gasteiger charge is 2.38. The van der Waals surface area contributed by atoms with Gasteiger partial charge in [-0.15, -0.1) is 0 Å². The van der Waals surface area contributed by atoms with E-state index in [9.17, 15) is 13.2 Å². The number of benzene rings is 1. The van der Waals surface area contributed by atoms with Crippen molar-refractivity contribution in [3.63, 3.8) is 0 Å². The minimum Gasteiger partial charge on any atom is -0.475 e. The molecule has 30 heavy (non-hydrogen) atoms. The predicted octanol–water partition coefficient (Wildman–Crippen LogP) is 4.46.